The van der Waals surface area contributed by atoms with Crippen LogP contribution in [0.4, 0.5) is 11.4 Å². The van der Waals surface area contributed by atoms with Crippen molar-refractivity contribution in [2.75, 3.05) is 11.1 Å². The molecule has 9 nitrogen and oxygen atoms in total. The Balaban J connectivity index is 1.05. The van der Waals surface area contributed by atoms with Gasteiger partial charge in [-0.1, -0.05) is 51.1 Å². The van der Waals surface area contributed by atoms with Gasteiger partial charge in [0.15, 0.2) is 0 Å². The van der Waals surface area contributed by atoms with Gasteiger partial charge in [-0.25, -0.2) is 4.79 Å². The van der Waals surface area contributed by atoms with Crippen LogP contribution >= 0.6 is 0 Å². The van der Waals surface area contributed by atoms with Crippen LogP contribution < -0.4 is 16.4 Å². The van der Waals surface area contributed by atoms with E-state index in [2.05, 4.69) is 31.4 Å². The molecule has 0 heterocycles. The number of rotatable bonds is 12. The monoisotopic (exact) mass is 701 g/mol. The largest absolute Gasteiger partial charge is 0.459 e. The highest BCUT2D eigenvalue weighted by molar-refractivity contribution is 5.91. The normalized spacial score (nSPS) is 33.9. The molecule has 4 fully saturated rings. The van der Waals surface area contributed by atoms with Crippen LogP contribution in [0.25, 0.3) is 0 Å². The Morgan fingerprint density at radius 3 is 2.29 bits per heavy atom. The van der Waals surface area contributed by atoms with E-state index in [4.69, 9.17) is 10.5 Å². The smallest absolute Gasteiger partial charge is 0.328 e. The molecule has 51 heavy (non-hydrogen) atoms. The molecule has 278 valence electrons. The standard InChI is InChI=1S/C42H59N3O6/c1-26(32-14-15-33-39-34(20-22-42(32,33)3)41(2)21-19-31(46)23-28(41)24-36(39)47)9-17-38(49)45-35(40(50)51-25-27-7-5-4-6-8-27)16-18-37(48)44-30-12-10-29(43)11-13-30/h4-8,10-13,26,28,31-36,39,46-47H,9,14-25,43H2,1-3H3,(H,44,48)(H,45,49)/t26-,28+,31-,32-,33+,34+,35+,36-,39+,41+,42-/m1/s1. The van der Waals surface area contributed by atoms with Crippen molar-refractivity contribution in [1.82, 2.24) is 5.32 Å². The average molecular weight is 702 g/mol. The number of aliphatic hydroxyl groups excluding tert-OH is 2. The van der Waals surface area contributed by atoms with E-state index < -0.39 is 12.0 Å². The van der Waals surface area contributed by atoms with Crippen LogP contribution in [0.15, 0.2) is 54.6 Å². The van der Waals surface area contributed by atoms with Crippen LogP contribution in [0.5, 0.6) is 0 Å². The predicted octanol–water partition coefficient (Wildman–Crippen LogP) is 6.62. The number of nitrogens with two attached hydrogens (primary N) is 1. The first-order valence-corrected chi connectivity index (χ1v) is 19.4. The lowest BCUT2D eigenvalue weighted by Crippen LogP contribution is -2.58. The zero-order valence-electron chi connectivity index (χ0n) is 30.7. The molecule has 0 bridgehead atoms. The van der Waals surface area contributed by atoms with Crippen LogP contribution in [0.2, 0.25) is 0 Å². The van der Waals surface area contributed by atoms with Gasteiger partial charge in [0.05, 0.1) is 12.2 Å². The lowest BCUT2D eigenvalue weighted by atomic mass is 9.43. The molecule has 4 aliphatic rings. The Labute approximate surface area is 303 Å². The van der Waals surface area contributed by atoms with Gasteiger partial charge in [-0.15, -0.1) is 0 Å². The van der Waals surface area contributed by atoms with Crippen molar-refractivity contribution < 1.29 is 29.3 Å². The predicted molar refractivity (Wildman–Crippen MR) is 198 cm³/mol. The summed E-state index contributed by atoms with van der Waals surface area (Å²) in [5.41, 5.74) is 8.12. The summed E-state index contributed by atoms with van der Waals surface area (Å²) >= 11 is 0. The number of aliphatic hydroxyl groups is 2. The van der Waals surface area contributed by atoms with Crippen LogP contribution in [0, 0.1) is 46.3 Å². The molecule has 6 rings (SSSR count). The number of benzene rings is 2. The number of carbonyl (C=O) groups excluding carboxylic acids is 3. The van der Waals surface area contributed by atoms with Crippen molar-refractivity contribution in [3.05, 3.63) is 60.2 Å². The third kappa shape index (κ3) is 8.15. The van der Waals surface area contributed by atoms with E-state index in [1.807, 2.05) is 30.3 Å². The van der Waals surface area contributed by atoms with Gasteiger partial charge in [-0.3, -0.25) is 9.59 Å². The van der Waals surface area contributed by atoms with Crippen LogP contribution in [-0.2, 0) is 25.7 Å². The third-order valence-corrected chi connectivity index (χ3v) is 13.9. The molecule has 0 spiro atoms. The molecule has 4 saturated carbocycles. The second kappa shape index (κ2) is 15.7. The van der Waals surface area contributed by atoms with Crippen molar-refractivity contribution in [2.24, 2.45) is 46.3 Å². The third-order valence-electron chi connectivity index (χ3n) is 13.9. The summed E-state index contributed by atoms with van der Waals surface area (Å²) in [4.78, 5) is 39.5. The fourth-order valence-electron chi connectivity index (χ4n) is 11.1. The summed E-state index contributed by atoms with van der Waals surface area (Å²) in [6.07, 6.45) is 8.64. The molecular weight excluding hydrogens is 642 g/mol. The number of amides is 2. The van der Waals surface area contributed by atoms with Crippen molar-refractivity contribution >= 4 is 29.2 Å². The maximum atomic E-state index is 13.4. The summed E-state index contributed by atoms with van der Waals surface area (Å²) in [6, 6.07) is 15.3. The van der Waals surface area contributed by atoms with Gasteiger partial charge in [0.1, 0.15) is 12.6 Å². The summed E-state index contributed by atoms with van der Waals surface area (Å²) in [5, 5.41) is 27.7. The van der Waals surface area contributed by atoms with Gasteiger partial charge in [-0.05, 0) is 140 Å². The first-order valence-electron chi connectivity index (χ1n) is 19.4. The molecule has 2 aromatic carbocycles. The van der Waals surface area contributed by atoms with Crippen molar-refractivity contribution in [3.63, 3.8) is 0 Å². The number of fused-ring (bicyclic) bond motifs is 5. The number of nitrogen functional groups attached to an aromatic ring is 1. The maximum Gasteiger partial charge on any atom is 0.328 e. The van der Waals surface area contributed by atoms with Gasteiger partial charge in [0, 0.05) is 24.2 Å². The lowest BCUT2D eigenvalue weighted by Gasteiger charge is -2.62. The summed E-state index contributed by atoms with van der Waals surface area (Å²) in [5.74, 6) is 1.41. The fraction of sp³-hybridized carbons (Fsp3) is 0.643. The second-order valence-corrected chi connectivity index (χ2v) is 16.9. The molecule has 0 saturated heterocycles. The van der Waals surface area contributed by atoms with E-state index in [1.165, 1.54) is 0 Å². The Hall–Kier alpha value is -3.43. The first-order chi connectivity index (χ1) is 24.4. The van der Waals surface area contributed by atoms with E-state index in [0.717, 1.165) is 56.9 Å². The van der Waals surface area contributed by atoms with Gasteiger partial charge in [0.25, 0.3) is 0 Å². The van der Waals surface area contributed by atoms with E-state index in [-0.39, 0.29) is 60.7 Å². The molecule has 6 N–H and O–H groups in total. The number of esters is 1. The second-order valence-electron chi connectivity index (χ2n) is 16.9. The van der Waals surface area contributed by atoms with Crippen molar-refractivity contribution in [3.8, 4) is 0 Å². The van der Waals surface area contributed by atoms with E-state index >= 15 is 0 Å². The Morgan fingerprint density at radius 1 is 0.863 bits per heavy atom. The minimum Gasteiger partial charge on any atom is -0.459 e. The quantitative estimate of drug-likeness (QED) is 0.123. The zero-order valence-corrected chi connectivity index (χ0v) is 30.7. The topological polar surface area (TPSA) is 151 Å². The van der Waals surface area contributed by atoms with Gasteiger partial charge < -0.3 is 31.3 Å². The van der Waals surface area contributed by atoms with Crippen LogP contribution in [0.3, 0.4) is 0 Å². The number of hydrogen-bond acceptors (Lipinski definition) is 7. The highest BCUT2D eigenvalue weighted by Gasteiger charge is 2.62. The number of anilines is 2. The summed E-state index contributed by atoms with van der Waals surface area (Å²) in [6.45, 7) is 7.24. The van der Waals surface area contributed by atoms with Gasteiger partial charge in [0.2, 0.25) is 11.8 Å². The molecule has 11 atom stereocenters. The van der Waals surface area contributed by atoms with E-state index in [0.29, 0.717) is 53.3 Å². The SMILES string of the molecule is C[C@H](CCC(=O)N[C@@H](CCC(=O)Nc1ccc(N)cc1)C(=O)OCc1ccccc1)[C@H]1CC[C@H]2[C@@H]3[C@H](O)C[C@@H]4C[C@H](O)CC[C@]4(C)[C@H]3CC[C@]12C. The highest BCUT2D eigenvalue weighted by atomic mass is 16.5. The zero-order chi connectivity index (χ0) is 36.3. The maximum absolute atomic E-state index is 13.4. The number of hydrogen-bond donors (Lipinski definition) is 5. The number of ether oxygens (including phenoxy) is 1. The van der Waals surface area contributed by atoms with E-state index in [9.17, 15) is 24.6 Å². The fourth-order valence-corrected chi connectivity index (χ4v) is 11.1. The molecule has 0 radical (unpaired) electrons. The number of carbonyl (C=O) groups is 3. The number of nitrogens with one attached hydrogen (secondary N) is 2. The van der Waals surface area contributed by atoms with Gasteiger partial charge in [-0.2, -0.15) is 0 Å². The molecule has 0 aromatic heterocycles. The molecule has 2 aromatic rings. The van der Waals surface area contributed by atoms with Gasteiger partial charge >= 0.3 is 5.97 Å². The van der Waals surface area contributed by atoms with Crippen LogP contribution in [-0.4, -0.2) is 46.2 Å². The lowest BCUT2D eigenvalue weighted by molar-refractivity contribution is -0.174. The first kappa shape index (κ1) is 37.3. The summed E-state index contributed by atoms with van der Waals surface area (Å²) < 4.78 is 5.60. The van der Waals surface area contributed by atoms with E-state index in [1.54, 1.807) is 24.3 Å². The Morgan fingerprint density at radius 2 is 1.55 bits per heavy atom. The average Bonchev–Trinajstić information content (AvgIpc) is 3.47. The van der Waals surface area contributed by atoms with Crippen LogP contribution in [0.1, 0.15) is 103 Å². The van der Waals surface area contributed by atoms with Crippen molar-refractivity contribution in [2.45, 2.75) is 123 Å². The molecule has 2 amide bonds. The summed E-state index contributed by atoms with van der Waals surface area (Å²) in [7, 11) is 0. The highest BCUT2D eigenvalue weighted by Crippen LogP contribution is 2.68. The molecule has 9 heteroatoms. The Kier molecular flexibility index (Phi) is 11.5. The molecular formula is C42H59N3O6. The Bertz CT molecular complexity index is 1520. The minimum atomic E-state index is -0.948. The van der Waals surface area contributed by atoms with Crippen molar-refractivity contribution in [1.29, 1.82) is 0 Å². The molecule has 4 aliphatic carbocycles. The molecule has 0 aliphatic heterocycles. The molecule has 0 unspecified atom stereocenters. The minimum absolute atomic E-state index is 0.0301.